The Morgan fingerprint density at radius 1 is 0.795 bits per heavy atom. The molecule has 4 aromatic rings. The van der Waals surface area contributed by atoms with Crippen LogP contribution in [0.3, 0.4) is 0 Å². The number of carbonyl (C=O) groups is 3. The molecule has 1 saturated heterocycles. The number of para-hydroxylation sites is 1. The van der Waals surface area contributed by atoms with Gasteiger partial charge in [-0.25, -0.2) is 4.39 Å². The van der Waals surface area contributed by atoms with E-state index >= 15 is 0 Å². The van der Waals surface area contributed by atoms with Crippen molar-refractivity contribution in [3.63, 3.8) is 0 Å². The van der Waals surface area contributed by atoms with Crippen LogP contribution in [0.1, 0.15) is 48.1 Å². The summed E-state index contributed by atoms with van der Waals surface area (Å²) in [5, 5.41) is 0.368. The average molecular weight is 534 g/mol. The Morgan fingerprint density at radius 3 is 2.10 bits per heavy atom. The zero-order valence-corrected chi connectivity index (χ0v) is 21.3. The van der Waals surface area contributed by atoms with Crippen LogP contribution >= 0.6 is 11.6 Å². The number of ketones is 3. The van der Waals surface area contributed by atoms with E-state index in [0.717, 1.165) is 11.3 Å². The molecule has 1 spiro atoms. The highest BCUT2D eigenvalue weighted by molar-refractivity contribution is 6.34. The minimum absolute atomic E-state index is 0.289. The third kappa shape index (κ3) is 3.14. The third-order valence-electron chi connectivity index (χ3n) is 8.35. The molecule has 2 aliphatic heterocycles. The molecule has 0 aromatic heterocycles. The van der Waals surface area contributed by atoms with E-state index in [0.29, 0.717) is 21.7 Å². The molecule has 1 unspecified atom stereocenters. The van der Waals surface area contributed by atoms with Crippen molar-refractivity contribution in [2.24, 2.45) is 5.41 Å². The number of halogens is 2. The van der Waals surface area contributed by atoms with E-state index in [9.17, 15) is 18.8 Å². The predicted octanol–water partition coefficient (Wildman–Crippen LogP) is 6.80. The van der Waals surface area contributed by atoms with E-state index in [1.54, 1.807) is 48.5 Å². The summed E-state index contributed by atoms with van der Waals surface area (Å²) < 4.78 is 13.8. The summed E-state index contributed by atoms with van der Waals surface area (Å²) in [6.07, 6.45) is 3.78. The molecule has 190 valence electrons. The zero-order chi connectivity index (χ0) is 26.9. The SMILES string of the molecule is O=C(c1ccc(F)cc1)[C@@H]1[C@@H](c2ccccc2Cl)C2(C(=O)c3ccccc3C2=O)C2C=Cc3ccccc3N21. The summed E-state index contributed by atoms with van der Waals surface area (Å²) in [4.78, 5) is 45.5. The first kappa shape index (κ1) is 23.7. The van der Waals surface area contributed by atoms with Gasteiger partial charge in [0.25, 0.3) is 0 Å². The number of hydrogen-bond acceptors (Lipinski definition) is 4. The molecule has 0 N–H and O–H groups in total. The van der Waals surface area contributed by atoms with Crippen LogP contribution < -0.4 is 4.90 Å². The van der Waals surface area contributed by atoms with Gasteiger partial charge in [0, 0.05) is 33.3 Å². The Kier molecular flexibility index (Phi) is 5.23. The fraction of sp³-hybridized carbons (Fsp3) is 0.121. The van der Waals surface area contributed by atoms with Gasteiger partial charge in [-0.05, 0) is 47.5 Å². The van der Waals surface area contributed by atoms with Crippen LogP contribution in [-0.4, -0.2) is 29.4 Å². The van der Waals surface area contributed by atoms with E-state index in [1.807, 2.05) is 41.3 Å². The lowest BCUT2D eigenvalue weighted by Crippen LogP contribution is -2.48. The number of Topliss-reactive ketones (excluding diaryl/α,β-unsaturated/α-hetero) is 3. The summed E-state index contributed by atoms with van der Waals surface area (Å²) in [5.74, 6) is -2.32. The van der Waals surface area contributed by atoms with Crippen molar-refractivity contribution in [2.75, 3.05) is 4.90 Å². The van der Waals surface area contributed by atoms with Crippen molar-refractivity contribution < 1.29 is 18.8 Å². The second-order valence-electron chi connectivity index (χ2n) is 10.2. The van der Waals surface area contributed by atoms with Crippen LogP contribution in [0.5, 0.6) is 0 Å². The van der Waals surface area contributed by atoms with Crippen LogP contribution in [0.4, 0.5) is 10.1 Å². The first-order valence-electron chi connectivity index (χ1n) is 12.7. The van der Waals surface area contributed by atoms with E-state index in [-0.39, 0.29) is 22.9 Å². The fourth-order valence-corrected chi connectivity index (χ4v) is 7.03. The predicted molar refractivity (Wildman–Crippen MR) is 148 cm³/mol. The Labute approximate surface area is 229 Å². The van der Waals surface area contributed by atoms with E-state index in [2.05, 4.69) is 0 Å². The highest BCUT2D eigenvalue weighted by Gasteiger charge is 2.71. The normalized spacial score (nSPS) is 22.1. The Morgan fingerprint density at radius 2 is 1.41 bits per heavy atom. The van der Waals surface area contributed by atoms with Crippen molar-refractivity contribution in [1.82, 2.24) is 0 Å². The first-order valence-corrected chi connectivity index (χ1v) is 13.1. The lowest BCUT2D eigenvalue weighted by Gasteiger charge is -2.37. The summed E-state index contributed by atoms with van der Waals surface area (Å²) in [7, 11) is 0. The Bertz CT molecular complexity index is 1690. The topological polar surface area (TPSA) is 54.5 Å². The van der Waals surface area contributed by atoms with Gasteiger partial charge in [-0.2, -0.15) is 0 Å². The maximum Gasteiger partial charge on any atom is 0.185 e. The van der Waals surface area contributed by atoms with Gasteiger partial charge in [0.2, 0.25) is 0 Å². The molecular weight excluding hydrogens is 513 g/mol. The summed E-state index contributed by atoms with van der Waals surface area (Å²) in [6, 6.07) is 25.2. The van der Waals surface area contributed by atoms with E-state index < -0.39 is 29.2 Å². The van der Waals surface area contributed by atoms with Crippen molar-refractivity contribution in [2.45, 2.75) is 18.0 Å². The van der Waals surface area contributed by atoms with Crippen molar-refractivity contribution >= 4 is 40.7 Å². The number of nitrogens with zero attached hydrogens (tertiary/aromatic N) is 1. The number of anilines is 1. The largest absolute Gasteiger partial charge is 0.352 e. The third-order valence-corrected chi connectivity index (χ3v) is 8.69. The molecule has 4 aromatic carbocycles. The second kappa shape index (κ2) is 8.58. The molecule has 1 aliphatic carbocycles. The standard InChI is InChI=1S/C33H21ClFNO3/c34-25-11-5-4-10-24(25)28-29(30(37)20-13-16-21(35)17-14-20)36-26-12-6-1-7-19(26)15-18-27(36)33(28)31(38)22-8-2-3-9-23(22)32(33)39/h1-18,27-29H/t27?,28-,29+/m1/s1. The molecule has 0 saturated carbocycles. The molecule has 3 aliphatic rings. The highest BCUT2D eigenvalue weighted by Crippen LogP contribution is 2.61. The molecule has 39 heavy (non-hydrogen) atoms. The molecule has 1 fully saturated rings. The summed E-state index contributed by atoms with van der Waals surface area (Å²) >= 11 is 6.79. The smallest absolute Gasteiger partial charge is 0.185 e. The zero-order valence-electron chi connectivity index (χ0n) is 20.6. The van der Waals surface area contributed by atoms with E-state index in [4.69, 9.17) is 11.6 Å². The highest BCUT2D eigenvalue weighted by atomic mass is 35.5. The van der Waals surface area contributed by atoms with Gasteiger partial charge < -0.3 is 4.90 Å². The molecule has 2 heterocycles. The number of benzene rings is 4. The second-order valence-corrected chi connectivity index (χ2v) is 10.6. The fourth-order valence-electron chi connectivity index (χ4n) is 6.77. The lowest BCUT2D eigenvalue weighted by molar-refractivity contribution is 0.0666. The van der Waals surface area contributed by atoms with Crippen molar-refractivity contribution in [3.05, 3.63) is 142 Å². The quantitative estimate of drug-likeness (QED) is 0.215. The monoisotopic (exact) mass is 533 g/mol. The lowest BCUT2D eigenvalue weighted by atomic mass is 9.64. The average Bonchev–Trinajstić information content (AvgIpc) is 3.39. The van der Waals surface area contributed by atoms with Crippen LogP contribution in [0, 0.1) is 11.2 Å². The number of carbonyl (C=O) groups excluding carboxylic acids is 3. The van der Waals surface area contributed by atoms with Crippen LogP contribution in [0.2, 0.25) is 5.02 Å². The van der Waals surface area contributed by atoms with Gasteiger partial charge in [0.05, 0.1) is 6.04 Å². The molecule has 6 heteroatoms. The number of fused-ring (bicyclic) bond motifs is 5. The Balaban J connectivity index is 1.56. The molecule has 0 amide bonds. The maximum absolute atomic E-state index is 14.6. The van der Waals surface area contributed by atoms with Crippen molar-refractivity contribution in [1.29, 1.82) is 0 Å². The van der Waals surface area contributed by atoms with Gasteiger partial charge in [0.15, 0.2) is 17.3 Å². The van der Waals surface area contributed by atoms with Gasteiger partial charge in [-0.3, -0.25) is 14.4 Å². The number of hydrogen-bond donors (Lipinski definition) is 0. The molecule has 4 nitrogen and oxygen atoms in total. The molecule has 7 rings (SSSR count). The molecule has 0 bridgehead atoms. The molecule has 0 radical (unpaired) electrons. The summed E-state index contributed by atoms with van der Waals surface area (Å²) in [6.45, 7) is 0. The molecule has 3 atom stereocenters. The maximum atomic E-state index is 14.6. The minimum Gasteiger partial charge on any atom is -0.352 e. The Hall–Kier alpha value is -4.35. The van der Waals surface area contributed by atoms with E-state index in [1.165, 1.54) is 24.3 Å². The van der Waals surface area contributed by atoms with Gasteiger partial charge in [0.1, 0.15) is 17.3 Å². The minimum atomic E-state index is -1.63. The van der Waals surface area contributed by atoms with Crippen molar-refractivity contribution in [3.8, 4) is 0 Å². The van der Waals surface area contributed by atoms with Crippen LogP contribution in [-0.2, 0) is 0 Å². The van der Waals surface area contributed by atoms with Gasteiger partial charge >= 0.3 is 0 Å². The van der Waals surface area contributed by atoms with Crippen LogP contribution in [0.15, 0.2) is 103 Å². The summed E-state index contributed by atoms with van der Waals surface area (Å²) in [5.41, 5.74) is 1.53. The molecular formula is C33H21ClFNO3. The van der Waals surface area contributed by atoms with Crippen LogP contribution in [0.25, 0.3) is 6.08 Å². The number of rotatable bonds is 3. The first-order chi connectivity index (χ1) is 18.9. The van der Waals surface area contributed by atoms with Gasteiger partial charge in [-0.1, -0.05) is 84.4 Å². The van der Waals surface area contributed by atoms with Gasteiger partial charge in [-0.15, -0.1) is 0 Å².